The van der Waals surface area contributed by atoms with Crippen LogP contribution >= 0.6 is 0 Å². The molecule has 0 aliphatic rings. The Labute approximate surface area is 551 Å². The monoisotopic (exact) mass is 1240 g/mol. The number of ether oxygens (including phenoxy) is 1. The number of aliphatic hydroxyl groups excluding tert-OH is 2. The molecule has 0 fully saturated rings. The molecule has 0 aromatic carbocycles. The average Bonchev–Trinajstić information content (AvgIpc) is 3.58. The van der Waals surface area contributed by atoms with Crippen molar-refractivity contribution in [3.8, 4) is 0 Å². The van der Waals surface area contributed by atoms with E-state index in [0.717, 1.165) is 51.4 Å². The van der Waals surface area contributed by atoms with E-state index < -0.39 is 12.1 Å². The fourth-order valence-corrected chi connectivity index (χ4v) is 12.8. The van der Waals surface area contributed by atoms with Gasteiger partial charge in [0.25, 0.3) is 0 Å². The second-order valence-electron chi connectivity index (χ2n) is 27.7. The third kappa shape index (κ3) is 73.1. The third-order valence-electron chi connectivity index (χ3n) is 18.9. The molecule has 0 aliphatic heterocycles. The van der Waals surface area contributed by atoms with Gasteiger partial charge in [-0.25, -0.2) is 0 Å². The number of esters is 1. The topological polar surface area (TPSA) is 95.9 Å². The maximum absolute atomic E-state index is 12.5. The lowest BCUT2D eigenvalue weighted by Gasteiger charge is -2.22. The summed E-state index contributed by atoms with van der Waals surface area (Å²) < 4.78 is 5.50. The summed E-state index contributed by atoms with van der Waals surface area (Å²) in [6, 6.07) is -0.540. The van der Waals surface area contributed by atoms with E-state index in [1.165, 1.54) is 366 Å². The molecule has 3 N–H and O–H groups in total. The molecule has 0 spiro atoms. The fraction of sp³-hybridized carbons (Fsp3) is 0.902. The van der Waals surface area contributed by atoms with E-state index in [1.54, 1.807) is 0 Å². The molecule has 0 bridgehead atoms. The van der Waals surface area contributed by atoms with Crippen LogP contribution in [-0.2, 0) is 14.3 Å². The smallest absolute Gasteiger partial charge is 0.305 e. The molecular formula is C82H157NO5. The second-order valence-corrected chi connectivity index (χ2v) is 27.7. The van der Waals surface area contributed by atoms with E-state index in [4.69, 9.17) is 4.74 Å². The SMILES string of the molecule is CCCCCCCCC/C=C\CCCCCCCC(=O)OCCCCCCCCCCCCCCC/C=C\C/C=C\CCCCCCCCCCCCCCCCCCCC(=O)NC(CO)C(O)CCCCCCCCCCCCCCCCCCCC. The Morgan fingerprint density at radius 1 is 0.318 bits per heavy atom. The summed E-state index contributed by atoms with van der Waals surface area (Å²) >= 11 is 0. The molecule has 0 aliphatic carbocycles. The number of amides is 1. The first-order chi connectivity index (χ1) is 43.5. The number of allylic oxidation sites excluding steroid dienone is 6. The summed E-state index contributed by atoms with van der Waals surface area (Å²) in [5.74, 6) is -0.0159. The van der Waals surface area contributed by atoms with Crippen molar-refractivity contribution in [2.45, 2.75) is 463 Å². The Morgan fingerprint density at radius 3 is 0.875 bits per heavy atom. The number of hydrogen-bond acceptors (Lipinski definition) is 5. The minimum absolute atomic E-state index is 0.0121. The molecule has 2 atom stereocenters. The highest BCUT2D eigenvalue weighted by Crippen LogP contribution is 2.20. The molecule has 1 amide bonds. The van der Waals surface area contributed by atoms with Gasteiger partial charge in [0.2, 0.25) is 5.91 Å². The summed E-state index contributed by atoms with van der Waals surface area (Å²) in [7, 11) is 0. The minimum Gasteiger partial charge on any atom is -0.466 e. The Bertz CT molecular complexity index is 1430. The van der Waals surface area contributed by atoms with Crippen LogP contribution in [0.25, 0.3) is 0 Å². The number of nitrogens with one attached hydrogen (secondary N) is 1. The minimum atomic E-state index is -0.663. The normalized spacial score (nSPS) is 12.6. The van der Waals surface area contributed by atoms with Gasteiger partial charge in [-0.15, -0.1) is 0 Å². The first kappa shape index (κ1) is 86.1. The van der Waals surface area contributed by atoms with Crippen LogP contribution < -0.4 is 5.32 Å². The predicted octanol–water partition coefficient (Wildman–Crippen LogP) is 26.6. The number of aliphatic hydroxyl groups is 2. The number of rotatable bonds is 76. The number of carbonyl (C=O) groups excluding carboxylic acids is 2. The van der Waals surface area contributed by atoms with Crippen molar-refractivity contribution in [3.05, 3.63) is 36.5 Å². The standard InChI is InChI=1S/C82H157NO5/c1-3-5-7-9-11-13-15-17-19-21-43-46-50-54-58-62-66-70-74-80(85)79(78-84)83-81(86)75-71-67-63-59-55-51-47-44-41-39-37-35-33-31-29-27-25-23-22-24-26-28-30-32-34-36-38-40-42-45-49-53-57-61-65-69-73-77-88-82(87)76-72-68-64-60-56-52-48-20-18-16-14-12-10-8-6-4-2/h20,22,24,28,30,48,79-80,84-85H,3-19,21,23,25-27,29,31-47,49-78H2,1-2H3,(H,83,86)/b24-22-,30-28-,48-20-. The van der Waals surface area contributed by atoms with Gasteiger partial charge in [0, 0.05) is 12.8 Å². The molecule has 0 radical (unpaired) electrons. The molecule has 0 heterocycles. The Balaban J connectivity index is 3.36. The third-order valence-corrected chi connectivity index (χ3v) is 18.9. The molecule has 2 unspecified atom stereocenters. The zero-order valence-corrected chi connectivity index (χ0v) is 59.7. The highest BCUT2D eigenvalue weighted by molar-refractivity contribution is 5.76. The van der Waals surface area contributed by atoms with Gasteiger partial charge in [0.1, 0.15) is 0 Å². The zero-order valence-electron chi connectivity index (χ0n) is 59.7. The fourth-order valence-electron chi connectivity index (χ4n) is 12.8. The van der Waals surface area contributed by atoms with Crippen molar-refractivity contribution >= 4 is 11.9 Å². The maximum atomic E-state index is 12.5. The van der Waals surface area contributed by atoms with Gasteiger partial charge in [-0.1, -0.05) is 391 Å². The Hall–Kier alpha value is -1.92. The molecule has 0 rings (SSSR count). The van der Waals surface area contributed by atoms with Crippen molar-refractivity contribution in [3.63, 3.8) is 0 Å². The number of unbranched alkanes of at least 4 members (excludes halogenated alkanes) is 59. The van der Waals surface area contributed by atoms with Crippen molar-refractivity contribution in [1.82, 2.24) is 5.32 Å². The van der Waals surface area contributed by atoms with Crippen LogP contribution in [0.2, 0.25) is 0 Å². The van der Waals surface area contributed by atoms with Crippen molar-refractivity contribution in [1.29, 1.82) is 0 Å². The quantitative estimate of drug-likeness (QED) is 0.0320. The van der Waals surface area contributed by atoms with Gasteiger partial charge in [0.15, 0.2) is 0 Å². The van der Waals surface area contributed by atoms with E-state index in [0.29, 0.717) is 25.9 Å². The van der Waals surface area contributed by atoms with E-state index in [9.17, 15) is 19.8 Å². The number of hydrogen-bond donors (Lipinski definition) is 3. The molecular weight excluding hydrogens is 1080 g/mol. The molecule has 0 saturated carbocycles. The van der Waals surface area contributed by atoms with Crippen LogP contribution in [-0.4, -0.2) is 47.4 Å². The predicted molar refractivity (Wildman–Crippen MR) is 389 cm³/mol. The van der Waals surface area contributed by atoms with Gasteiger partial charge in [-0.05, 0) is 83.5 Å². The molecule has 6 heteroatoms. The van der Waals surface area contributed by atoms with Crippen LogP contribution in [0.3, 0.4) is 0 Å². The lowest BCUT2D eigenvalue weighted by atomic mass is 10.0. The van der Waals surface area contributed by atoms with Gasteiger partial charge in [-0.2, -0.15) is 0 Å². The van der Waals surface area contributed by atoms with Gasteiger partial charge in [-0.3, -0.25) is 9.59 Å². The van der Waals surface area contributed by atoms with Crippen LogP contribution in [0, 0.1) is 0 Å². The highest BCUT2D eigenvalue weighted by atomic mass is 16.5. The lowest BCUT2D eigenvalue weighted by molar-refractivity contribution is -0.143. The summed E-state index contributed by atoms with van der Waals surface area (Å²) in [5.41, 5.74) is 0. The average molecular weight is 1240 g/mol. The molecule has 0 aromatic rings. The van der Waals surface area contributed by atoms with Crippen LogP contribution in [0.1, 0.15) is 450 Å². The summed E-state index contributed by atoms with van der Waals surface area (Å²) in [5, 5.41) is 23.4. The molecule has 520 valence electrons. The highest BCUT2D eigenvalue weighted by Gasteiger charge is 2.20. The van der Waals surface area contributed by atoms with Crippen molar-refractivity contribution in [2.75, 3.05) is 13.2 Å². The van der Waals surface area contributed by atoms with Crippen LogP contribution in [0.5, 0.6) is 0 Å². The van der Waals surface area contributed by atoms with Gasteiger partial charge in [0.05, 0.1) is 25.4 Å². The second kappa shape index (κ2) is 77.5. The lowest BCUT2D eigenvalue weighted by Crippen LogP contribution is -2.45. The molecule has 0 aromatic heterocycles. The van der Waals surface area contributed by atoms with Crippen LogP contribution in [0.4, 0.5) is 0 Å². The van der Waals surface area contributed by atoms with E-state index in [-0.39, 0.29) is 18.5 Å². The Kier molecular flexibility index (Phi) is 75.8. The first-order valence-electron chi connectivity index (χ1n) is 40.2. The van der Waals surface area contributed by atoms with E-state index in [2.05, 4.69) is 55.6 Å². The summed E-state index contributed by atoms with van der Waals surface area (Å²) in [6.07, 6.45) is 101. The van der Waals surface area contributed by atoms with Crippen LogP contribution in [0.15, 0.2) is 36.5 Å². The van der Waals surface area contributed by atoms with Gasteiger partial charge >= 0.3 is 5.97 Å². The Morgan fingerprint density at radius 2 is 0.568 bits per heavy atom. The molecule has 88 heavy (non-hydrogen) atoms. The molecule has 6 nitrogen and oxygen atoms in total. The summed E-state index contributed by atoms with van der Waals surface area (Å²) in [4.78, 5) is 24.6. The van der Waals surface area contributed by atoms with E-state index >= 15 is 0 Å². The summed E-state index contributed by atoms with van der Waals surface area (Å²) in [6.45, 7) is 4.99. The number of carbonyl (C=O) groups is 2. The molecule has 0 saturated heterocycles. The zero-order chi connectivity index (χ0) is 63.5. The maximum Gasteiger partial charge on any atom is 0.305 e. The van der Waals surface area contributed by atoms with Gasteiger partial charge < -0.3 is 20.3 Å². The first-order valence-corrected chi connectivity index (χ1v) is 40.2. The largest absolute Gasteiger partial charge is 0.466 e. The van der Waals surface area contributed by atoms with Crippen molar-refractivity contribution in [2.24, 2.45) is 0 Å². The van der Waals surface area contributed by atoms with E-state index in [1.807, 2.05) is 0 Å². The van der Waals surface area contributed by atoms with Crippen molar-refractivity contribution < 1.29 is 24.5 Å².